The number of rotatable bonds is 4. The standard InChI is InChI=1S/C17H23N3OS2/c1-10-11(2)22-16-14(10)17(19-9-18-16)23-12(3)15(21)20-13-7-5-4-6-8-13/h9,12-13H,4-8H2,1-3H3,(H,20,21)/t12-/m1/s1. The highest BCUT2D eigenvalue weighted by molar-refractivity contribution is 8.00. The molecule has 0 radical (unpaired) electrons. The van der Waals surface area contributed by atoms with Gasteiger partial charge in [0.2, 0.25) is 5.91 Å². The first-order valence-electron chi connectivity index (χ1n) is 8.24. The van der Waals surface area contributed by atoms with Gasteiger partial charge in [0.05, 0.1) is 5.25 Å². The fourth-order valence-corrected chi connectivity index (χ4v) is 5.07. The molecule has 1 fully saturated rings. The van der Waals surface area contributed by atoms with Gasteiger partial charge in [-0.1, -0.05) is 31.0 Å². The van der Waals surface area contributed by atoms with Crippen LogP contribution in [0.4, 0.5) is 0 Å². The molecule has 6 heteroatoms. The Labute approximate surface area is 145 Å². The van der Waals surface area contributed by atoms with E-state index in [9.17, 15) is 4.79 Å². The molecule has 1 saturated carbocycles. The summed E-state index contributed by atoms with van der Waals surface area (Å²) < 4.78 is 0. The highest BCUT2D eigenvalue weighted by Gasteiger charge is 2.22. The van der Waals surface area contributed by atoms with Gasteiger partial charge in [0.15, 0.2) is 0 Å². The lowest BCUT2D eigenvalue weighted by Gasteiger charge is -2.24. The lowest BCUT2D eigenvalue weighted by atomic mass is 9.95. The van der Waals surface area contributed by atoms with Gasteiger partial charge in [-0.2, -0.15) is 0 Å². The summed E-state index contributed by atoms with van der Waals surface area (Å²) >= 11 is 3.23. The highest BCUT2D eigenvalue weighted by atomic mass is 32.2. The van der Waals surface area contributed by atoms with Crippen LogP contribution in [0.25, 0.3) is 10.2 Å². The number of hydrogen-bond acceptors (Lipinski definition) is 5. The summed E-state index contributed by atoms with van der Waals surface area (Å²) in [7, 11) is 0. The fourth-order valence-electron chi connectivity index (χ4n) is 3.03. The second-order valence-electron chi connectivity index (χ2n) is 6.25. The number of thiophene rings is 1. The quantitative estimate of drug-likeness (QED) is 0.663. The third kappa shape index (κ3) is 3.69. The molecule has 2 aromatic heterocycles. The van der Waals surface area contributed by atoms with Crippen LogP contribution in [-0.4, -0.2) is 27.2 Å². The molecule has 0 aliphatic heterocycles. The molecule has 1 aliphatic carbocycles. The first-order chi connectivity index (χ1) is 11.1. The second-order valence-corrected chi connectivity index (χ2v) is 8.78. The van der Waals surface area contributed by atoms with Crippen molar-refractivity contribution in [2.45, 2.75) is 69.2 Å². The minimum Gasteiger partial charge on any atom is -0.352 e. The molecule has 1 atom stereocenters. The van der Waals surface area contributed by atoms with E-state index >= 15 is 0 Å². The molecule has 0 bridgehead atoms. The van der Waals surface area contributed by atoms with E-state index in [2.05, 4.69) is 29.1 Å². The van der Waals surface area contributed by atoms with Gasteiger partial charge in [-0.15, -0.1) is 11.3 Å². The Bertz CT molecular complexity index is 707. The number of hydrogen-bond donors (Lipinski definition) is 1. The number of thioether (sulfide) groups is 1. The molecule has 23 heavy (non-hydrogen) atoms. The first kappa shape index (κ1) is 16.7. The minimum atomic E-state index is -0.144. The zero-order valence-electron chi connectivity index (χ0n) is 13.9. The lowest BCUT2D eigenvalue weighted by Crippen LogP contribution is -2.40. The van der Waals surface area contributed by atoms with E-state index in [1.807, 2.05) is 6.92 Å². The summed E-state index contributed by atoms with van der Waals surface area (Å²) in [6.45, 7) is 6.18. The summed E-state index contributed by atoms with van der Waals surface area (Å²) in [4.78, 5) is 23.5. The van der Waals surface area contributed by atoms with Gasteiger partial charge in [0, 0.05) is 16.3 Å². The Morgan fingerprint density at radius 3 is 2.78 bits per heavy atom. The Hall–Kier alpha value is -1.14. The molecule has 0 saturated heterocycles. The fraction of sp³-hybridized carbons (Fsp3) is 0.588. The number of nitrogens with one attached hydrogen (secondary N) is 1. The monoisotopic (exact) mass is 349 g/mol. The van der Waals surface area contributed by atoms with E-state index in [0.29, 0.717) is 6.04 Å². The van der Waals surface area contributed by atoms with E-state index in [1.165, 1.54) is 29.7 Å². The molecular weight excluding hydrogens is 326 g/mol. The van der Waals surface area contributed by atoms with Gasteiger partial charge in [0.25, 0.3) is 0 Å². The second kappa shape index (κ2) is 7.18. The molecule has 1 amide bonds. The lowest BCUT2D eigenvalue weighted by molar-refractivity contribution is -0.121. The predicted molar refractivity (Wildman–Crippen MR) is 97.2 cm³/mol. The number of fused-ring (bicyclic) bond motifs is 1. The van der Waals surface area contributed by atoms with Crippen LogP contribution < -0.4 is 5.32 Å². The molecule has 1 aliphatic rings. The molecule has 1 N–H and O–H groups in total. The van der Waals surface area contributed by atoms with E-state index in [1.54, 1.807) is 29.4 Å². The maximum atomic E-state index is 12.5. The van der Waals surface area contributed by atoms with Crippen molar-refractivity contribution >= 4 is 39.2 Å². The highest BCUT2D eigenvalue weighted by Crippen LogP contribution is 2.36. The molecule has 2 aromatic rings. The molecule has 4 nitrogen and oxygen atoms in total. The third-order valence-electron chi connectivity index (χ3n) is 4.54. The molecule has 0 spiro atoms. The van der Waals surface area contributed by atoms with E-state index in [-0.39, 0.29) is 11.2 Å². The van der Waals surface area contributed by atoms with Gasteiger partial charge in [0.1, 0.15) is 16.2 Å². The molecule has 0 unspecified atom stereocenters. The normalized spacial score (nSPS) is 17.3. The van der Waals surface area contributed by atoms with Gasteiger partial charge in [-0.05, 0) is 39.2 Å². The van der Waals surface area contributed by atoms with E-state index in [0.717, 1.165) is 28.1 Å². The van der Waals surface area contributed by atoms with Crippen LogP contribution in [0.2, 0.25) is 0 Å². The van der Waals surface area contributed by atoms with Crippen LogP contribution in [0.5, 0.6) is 0 Å². The van der Waals surface area contributed by atoms with Crippen molar-refractivity contribution in [1.29, 1.82) is 0 Å². The van der Waals surface area contributed by atoms with Crippen LogP contribution >= 0.6 is 23.1 Å². The zero-order valence-corrected chi connectivity index (χ0v) is 15.5. The van der Waals surface area contributed by atoms with Gasteiger partial charge >= 0.3 is 0 Å². The maximum absolute atomic E-state index is 12.5. The average Bonchev–Trinajstić information content (AvgIpc) is 2.84. The van der Waals surface area contributed by atoms with Crippen molar-refractivity contribution < 1.29 is 4.79 Å². The third-order valence-corrected chi connectivity index (χ3v) is 6.76. The number of carbonyl (C=O) groups excluding carboxylic acids is 1. The van der Waals surface area contributed by atoms with Gasteiger partial charge in [-0.25, -0.2) is 9.97 Å². The summed E-state index contributed by atoms with van der Waals surface area (Å²) in [5.74, 6) is 0.123. The minimum absolute atomic E-state index is 0.123. The van der Waals surface area contributed by atoms with Crippen molar-refractivity contribution in [3.05, 3.63) is 16.8 Å². The molecule has 0 aromatic carbocycles. The number of aryl methyl sites for hydroxylation is 2. The zero-order chi connectivity index (χ0) is 16.4. The van der Waals surface area contributed by atoms with Crippen molar-refractivity contribution in [1.82, 2.24) is 15.3 Å². The Morgan fingerprint density at radius 2 is 2.04 bits per heavy atom. The Balaban J connectivity index is 1.72. The smallest absolute Gasteiger partial charge is 0.233 e. The van der Waals surface area contributed by atoms with Crippen LogP contribution in [0.15, 0.2) is 11.4 Å². The summed E-state index contributed by atoms with van der Waals surface area (Å²) in [5.41, 5.74) is 1.23. The number of carbonyl (C=O) groups is 1. The predicted octanol–water partition coefficient (Wildman–Crippen LogP) is 4.24. The number of aromatic nitrogens is 2. The van der Waals surface area contributed by atoms with Gasteiger partial charge in [-0.3, -0.25) is 4.79 Å². The molecule has 124 valence electrons. The van der Waals surface area contributed by atoms with Crippen LogP contribution in [0.1, 0.15) is 49.5 Å². The van der Waals surface area contributed by atoms with Crippen molar-refractivity contribution in [3.63, 3.8) is 0 Å². The SMILES string of the molecule is Cc1sc2ncnc(S[C@H](C)C(=O)NC3CCCCC3)c2c1C. The maximum Gasteiger partial charge on any atom is 0.233 e. The molecule has 2 heterocycles. The number of nitrogens with zero attached hydrogens (tertiary/aromatic N) is 2. The Morgan fingerprint density at radius 1 is 1.30 bits per heavy atom. The van der Waals surface area contributed by atoms with Crippen LogP contribution in [0.3, 0.4) is 0 Å². The molecular formula is C17H23N3OS2. The molecule has 3 rings (SSSR count). The average molecular weight is 350 g/mol. The van der Waals surface area contributed by atoms with Crippen LogP contribution in [0, 0.1) is 13.8 Å². The van der Waals surface area contributed by atoms with Crippen molar-refractivity contribution in [3.8, 4) is 0 Å². The van der Waals surface area contributed by atoms with Crippen LogP contribution in [-0.2, 0) is 4.79 Å². The first-order valence-corrected chi connectivity index (χ1v) is 9.93. The van der Waals surface area contributed by atoms with E-state index in [4.69, 9.17) is 0 Å². The summed E-state index contributed by atoms with van der Waals surface area (Å²) in [5, 5.41) is 5.09. The van der Waals surface area contributed by atoms with Gasteiger partial charge < -0.3 is 5.32 Å². The van der Waals surface area contributed by atoms with E-state index < -0.39 is 0 Å². The van der Waals surface area contributed by atoms with Crippen molar-refractivity contribution in [2.75, 3.05) is 0 Å². The van der Waals surface area contributed by atoms with Crippen molar-refractivity contribution in [2.24, 2.45) is 0 Å². The Kier molecular flexibility index (Phi) is 5.21. The summed E-state index contributed by atoms with van der Waals surface area (Å²) in [6.07, 6.45) is 7.59. The number of amides is 1. The summed E-state index contributed by atoms with van der Waals surface area (Å²) in [6, 6.07) is 0.356. The largest absolute Gasteiger partial charge is 0.352 e. The topological polar surface area (TPSA) is 54.9 Å².